The molecular weight excluding hydrogens is 436 g/mol. The van der Waals surface area contributed by atoms with Gasteiger partial charge < -0.3 is 10.2 Å². The van der Waals surface area contributed by atoms with Gasteiger partial charge in [-0.25, -0.2) is 0 Å². The van der Waals surface area contributed by atoms with E-state index in [2.05, 4.69) is 42.4 Å². The lowest BCUT2D eigenvalue weighted by molar-refractivity contribution is 0.217. The maximum absolute atomic E-state index is 11.1. The molecule has 1 aromatic carbocycles. The maximum atomic E-state index is 11.1. The first-order valence-electron chi connectivity index (χ1n) is 11.9. The third-order valence-electron chi connectivity index (χ3n) is 7.51. The summed E-state index contributed by atoms with van der Waals surface area (Å²) in [4.78, 5) is 0. The van der Waals surface area contributed by atoms with Crippen LogP contribution in [0.2, 0.25) is 0 Å². The predicted octanol–water partition coefficient (Wildman–Crippen LogP) is 8.27. The van der Waals surface area contributed by atoms with Gasteiger partial charge in [0.25, 0.3) is 0 Å². The van der Waals surface area contributed by atoms with Crippen LogP contribution in [-0.2, 0) is 5.41 Å². The molecule has 1 saturated carbocycles. The Bertz CT molecular complexity index is 752. The maximum Gasteiger partial charge on any atom is 0.123 e. The van der Waals surface area contributed by atoms with E-state index >= 15 is 0 Å². The van der Waals surface area contributed by atoms with Gasteiger partial charge in [0.15, 0.2) is 0 Å². The zero-order chi connectivity index (χ0) is 21.7. The van der Waals surface area contributed by atoms with Gasteiger partial charge in [0.1, 0.15) is 11.5 Å². The van der Waals surface area contributed by atoms with E-state index < -0.39 is 0 Å². The quantitative estimate of drug-likeness (QED) is 0.203. The Hall–Kier alpha value is -1.22. The Balaban J connectivity index is 1.91. The number of hydrogen-bond acceptors (Lipinski definition) is 2. The van der Waals surface area contributed by atoms with Crippen molar-refractivity contribution in [3.05, 3.63) is 47.1 Å². The van der Waals surface area contributed by atoms with Gasteiger partial charge in [-0.3, -0.25) is 0 Å². The Morgan fingerprint density at radius 1 is 1.17 bits per heavy atom. The number of benzene rings is 1. The van der Waals surface area contributed by atoms with Crippen molar-refractivity contribution in [1.82, 2.24) is 0 Å². The first-order chi connectivity index (χ1) is 14.4. The van der Waals surface area contributed by atoms with E-state index in [1.54, 1.807) is 0 Å². The number of halogens is 1. The molecule has 3 heteroatoms. The smallest absolute Gasteiger partial charge is 0.123 e. The predicted molar refractivity (Wildman–Crippen MR) is 131 cm³/mol. The first kappa shape index (κ1) is 23.4. The van der Waals surface area contributed by atoms with Gasteiger partial charge >= 0.3 is 0 Å². The van der Waals surface area contributed by atoms with Crippen molar-refractivity contribution < 1.29 is 10.2 Å². The molecule has 1 fully saturated rings. The number of aromatic hydroxyl groups is 2. The van der Waals surface area contributed by atoms with Crippen LogP contribution in [0.3, 0.4) is 0 Å². The van der Waals surface area contributed by atoms with Crippen LogP contribution in [0.4, 0.5) is 0 Å². The molecule has 2 atom stereocenters. The van der Waals surface area contributed by atoms with E-state index in [0.29, 0.717) is 5.56 Å². The lowest BCUT2D eigenvalue weighted by atomic mass is 9.61. The second-order valence-corrected chi connectivity index (χ2v) is 10.4. The summed E-state index contributed by atoms with van der Waals surface area (Å²) in [6.07, 6.45) is 15.0. The first-order valence-corrected chi connectivity index (χ1v) is 13.0. The molecule has 2 N–H and O–H groups in total. The summed E-state index contributed by atoms with van der Waals surface area (Å²) in [5, 5.41) is 23.3. The molecule has 0 radical (unpaired) electrons. The second-order valence-electron chi connectivity index (χ2n) is 9.65. The monoisotopic (exact) mass is 474 g/mol. The minimum Gasteiger partial charge on any atom is -0.507 e. The van der Waals surface area contributed by atoms with Crippen molar-refractivity contribution in [3.8, 4) is 11.5 Å². The summed E-state index contributed by atoms with van der Waals surface area (Å²) in [5.41, 5.74) is 4.56. The van der Waals surface area contributed by atoms with Crippen molar-refractivity contribution in [2.75, 3.05) is 5.33 Å². The zero-order valence-electron chi connectivity index (χ0n) is 18.9. The van der Waals surface area contributed by atoms with Gasteiger partial charge in [-0.1, -0.05) is 72.3 Å². The number of rotatable bonds is 10. The van der Waals surface area contributed by atoms with Crippen LogP contribution in [0.25, 0.3) is 0 Å². The van der Waals surface area contributed by atoms with Gasteiger partial charge in [-0.2, -0.15) is 0 Å². The van der Waals surface area contributed by atoms with Crippen molar-refractivity contribution in [2.24, 2.45) is 5.92 Å². The van der Waals surface area contributed by atoms with Crippen LogP contribution in [0.5, 0.6) is 11.5 Å². The van der Waals surface area contributed by atoms with Crippen LogP contribution in [-0.4, -0.2) is 15.5 Å². The highest BCUT2D eigenvalue weighted by Crippen LogP contribution is 2.52. The standard InChI is InChI=1S/C27H39BrO2/c1-4-9-20-10-11-22(19(2)3)23(16-20)26-24(29)17-21(18-25(26)30)27(13-8-14-27)12-6-5-7-15-28/h16-18,22-23,29-30H,2,4-15H2,1,3H3. The van der Waals surface area contributed by atoms with Gasteiger partial charge in [0.05, 0.1) is 0 Å². The molecule has 0 spiro atoms. The van der Waals surface area contributed by atoms with Gasteiger partial charge in [0.2, 0.25) is 0 Å². The fourth-order valence-electron chi connectivity index (χ4n) is 5.63. The van der Waals surface area contributed by atoms with Crippen LogP contribution in [0, 0.1) is 5.92 Å². The summed E-state index contributed by atoms with van der Waals surface area (Å²) >= 11 is 3.52. The molecule has 1 aromatic rings. The molecular formula is C27H39BrO2. The van der Waals surface area contributed by atoms with Crippen molar-refractivity contribution in [2.45, 2.75) is 95.8 Å². The fourth-order valence-corrected chi connectivity index (χ4v) is 6.03. The van der Waals surface area contributed by atoms with E-state index in [4.69, 9.17) is 0 Å². The molecule has 2 nitrogen and oxygen atoms in total. The van der Waals surface area contributed by atoms with Crippen LogP contribution < -0.4 is 0 Å². The molecule has 3 rings (SSSR count). The Morgan fingerprint density at radius 3 is 2.40 bits per heavy atom. The zero-order valence-corrected chi connectivity index (χ0v) is 20.4. The van der Waals surface area contributed by atoms with Gasteiger partial charge in [-0.15, -0.1) is 0 Å². The molecule has 0 aliphatic heterocycles. The minimum atomic E-state index is 0.0168. The normalized spacial score (nSPS) is 23.0. The largest absolute Gasteiger partial charge is 0.507 e. The number of phenolic OH excluding ortho intramolecular Hbond substituents is 2. The average Bonchev–Trinajstić information content (AvgIpc) is 2.66. The Kier molecular flexibility index (Phi) is 8.12. The summed E-state index contributed by atoms with van der Waals surface area (Å²) in [6.45, 7) is 8.50. The Morgan fingerprint density at radius 2 is 1.87 bits per heavy atom. The van der Waals surface area contributed by atoms with E-state index in [-0.39, 0.29) is 28.7 Å². The van der Waals surface area contributed by atoms with Crippen LogP contribution in [0.15, 0.2) is 35.9 Å². The third-order valence-corrected chi connectivity index (χ3v) is 8.07. The lowest BCUT2D eigenvalue weighted by Gasteiger charge is -2.43. The molecule has 0 aromatic heterocycles. The molecule has 166 valence electrons. The number of hydrogen-bond donors (Lipinski definition) is 2. The van der Waals surface area contributed by atoms with Crippen molar-refractivity contribution in [1.29, 1.82) is 0 Å². The molecule has 0 amide bonds. The SMILES string of the molecule is C=C(C)C1CCC(CCC)=CC1c1c(O)cc(C2(CCCCCBr)CCC2)cc1O. The molecule has 0 saturated heterocycles. The lowest BCUT2D eigenvalue weighted by Crippen LogP contribution is -2.34. The van der Waals surface area contributed by atoms with Gasteiger partial charge in [-0.05, 0) is 80.9 Å². The Labute approximate surface area is 191 Å². The fraction of sp³-hybridized carbons (Fsp3) is 0.630. The molecule has 2 aliphatic rings. The number of phenols is 2. The van der Waals surface area contributed by atoms with Crippen molar-refractivity contribution >= 4 is 15.9 Å². The molecule has 30 heavy (non-hydrogen) atoms. The molecule has 2 aliphatic carbocycles. The summed E-state index contributed by atoms with van der Waals surface area (Å²) in [6, 6.07) is 3.94. The second kappa shape index (κ2) is 10.4. The van der Waals surface area contributed by atoms with Crippen LogP contribution >= 0.6 is 15.9 Å². The highest BCUT2D eigenvalue weighted by Gasteiger charge is 2.39. The average molecular weight is 476 g/mol. The summed E-state index contributed by atoms with van der Waals surface area (Å²) < 4.78 is 0. The minimum absolute atomic E-state index is 0.0168. The third kappa shape index (κ3) is 4.98. The summed E-state index contributed by atoms with van der Waals surface area (Å²) in [7, 11) is 0. The topological polar surface area (TPSA) is 40.5 Å². The van der Waals surface area contributed by atoms with E-state index in [9.17, 15) is 10.2 Å². The van der Waals surface area contributed by atoms with E-state index in [1.807, 2.05) is 12.1 Å². The highest BCUT2D eigenvalue weighted by molar-refractivity contribution is 9.09. The van der Waals surface area contributed by atoms with E-state index in [0.717, 1.165) is 61.4 Å². The summed E-state index contributed by atoms with van der Waals surface area (Å²) in [5.74, 6) is 0.822. The van der Waals surface area contributed by atoms with Crippen LogP contribution in [0.1, 0.15) is 102 Å². The van der Waals surface area contributed by atoms with Gasteiger partial charge in [0, 0.05) is 16.8 Å². The van der Waals surface area contributed by atoms with Crippen molar-refractivity contribution in [3.63, 3.8) is 0 Å². The highest BCUT2D eigenvalue weighted by atomic mass is 79.9. The number of alkyl halides is 1. The number of unbranched alkanes of at least 4 members (excludes halogenated alkanes) is 2. The molecule has 0 bridgehead atoms. The van der Waals surface area contributed by atoms with E-state index in [1.165, 1.54) is 31.3 Å². The molecule has 0 heterocycles. The number of allylic oxidation sites excluding steroid dienone is 3. The molecule has 2 unspecified atom stereocenters.